The molecule has 0 bridgehead atoms. The number of hydrogen-bond acceptors (Lipinski definition) is 3. The van der Waals surface area contributed by atoms with Crippen molar-refractivity contribution in [3.05, 3.63) is 58.6 Å². The van der Waals surface area contributed by atoms with Gasteiger partial charge in [-0.05, 0) is 68.0 Å². The Balaban J connectivity index is 2.05. The van der Waals surface area contributed by atoms with Crippen LogP contribution >= 0.6 is 11.6 Å². The fourth-order valence-electron chi connectivity index (χ4n) is 3.57. The zero-order chi connectivity index (χ0) is 20.8. The largest absolute Gasteiger partial charge is 0.490 e. The van der Waals surface area contributed by atoms with Crippen molar-refractivity contribution >= 4 is 11.6 Å². The SMILES string of the molecule is CCOc1cc(CNC(C)(C)CC(C)(C)C)ccc1OCc1cccc(Cl)c1. The quantitative estimate of drug-likeness (QED) is 0.510. The minimum Gasteiger partial charge on any atom is -0.490 e. The molecule has 0 unspecified atom stereocenters. The van der Waals surface area contributed by atoms with Crippen molar-refractivity contribution in [2.45, 2.75) is 66.7 Å². The molecule has 154 valence electrons. The molecule has 0 radical (unpaired) electrons. The van der Waals surface area contributed by atoms with E-state index in [1.807, 2.05) is 37.3 Å². The number of hydrogen-bond donors (Lipinski definition) is 1. The maximum Gasteiger partial charge on any atom is 0.161 e. The summed E-state index contributed by atoms with van der Waals surface area (Å²) in [5.74, 6) is 1.52. The topological polar surface area (TPSA) is 30.5 Å². The van der Waals surface area contributed by atoms with Gasteiger partial charge in [0.1, 0.15) is 6.61 Å². The molecule has 0 aliphatic heterocycles. The molecular weight excluding hydrogens is 370 g/mol. The summed E-state index contributed by atoms with van der Waals surface area (Å²) in [6, 6.07) is 13.9. The van der Waals surface area contributed by atoms with Gasteiger partial charge < -0.3 is 14.8 Å². The van der Waals surface area contributed by atoms with Crippen LogP contribution in [0.4, 0.5) is 0 Å². The van der Waals surface area contributed by atoms with Crippen LogP contribution in [0, 0.1) is 5.41 Å². The van der Waals surface area contributed by atoms with Crippen molar-refractivity contribution in [3.8, 4) is 11.5 Å². The first-order valence-corrected chi connectivity index (χ1v) is 10.3. The molecule has 0 amide bonds. The Kier molecular flexibility index (Phi) is 7.79. The molecule has 1 N–H and O–H groups in total. The minimum absolute atomic E-state index is 0.0613. The third-order valence-corrected chi connectivity index (χ3v) is 4.57. The molecule has 2 rings (SSSR count). The van der Waals surface area contributed by atoms with Gasteiger partial charge in [-0.15, -0.1) is 0 Å². The van der Waals surface area contributed by atoms with Gasteiger partial charge in [0.25, 0.3) is 0 Å². The molecular formula is C24H34ClNO2. The first-order valence-electron chi connectivity index (χ1n) is 9.96. The standard InChI is InChI=1S/C24H34ClNO2/c1-7-27-22-14-18(15-26-24(5,6)17-23(2,3)4)11-12-21(22)28-16-19-9-8-10-20(25)13-19/h8-14,26H,7,15-17H2,1-6H3. The van der Waals surface area contributed by atoms with E-state index in [9.17, 15) is 0 Å². The molecule has 2 aromatic rings. The summed E-state index contributed by atoms with van der Waals surface area (Å²) in [4.78, 5) is 0. The maximum absolute atomic E-state index is 6.05. The van der Waals surface area contributed by atoms with E-state index in [1.165, 1.54) is 5.56 Å². The van der Waals surface area contributed by atoms with Crippen molar-refractivity contribution in [2.75, 3.05) is 6.61 Å². The van der Waals surface area contributed by atoms with Crippen molar-refractivity contribution in [2.24, 2.45) is 5.41 Å². The van der Waals surface area contributed by atoms with Gasteiger partial charge in [0.2, 0.25) is 0 Å². The fraction of sp³-hybridized carbons (Fsp3) is 0.500. The van der Waals surface area contributed by atoms with Crippen LogP contribution in [0.2, 0.25) is 5.02 Å². The summed E-state index contributed by atoms with van der Waals surface area (Å²) >= 11 is 6.05. The zero-order valence-corrected chi connectivity index (χ0v) is 18.8. The van der Waals surface area contributed by atoms with E-state index in [1.54, 1.807) is 0 Å². The molecule has 0 aromatic heterocycles. The lowest BCUT2D eigenvalue weighted by Gasteiger charge is -2.33. The Morgan fingerprint density at radius 1 is 0.893 bits per heavy atom. The second kappa shape index (κ2) is 9.67. The van der Waals surface area contributed by atoms with Crippen LogP contribution < -0.4 is 14.8 Å². The van der Waals surface area contributed by atoms with Gasteiger partial charge in [-0.1, -0.05) is 50.6 Å². The van der Waals surface area contributed by atoms with Gasteiger partial charge in [-0.3, -0.25) is 0 Å². The predicted octanol–water partition coefficient (Wildman–Crippen LogP) is 6.62. The molecule has 0 fully saturated rings. The molecule has 0 saturated carbocycles. The number of ether oxygens (including phenoxy) is 2. The van der Waals surface area contributed by atoms with E-state index >= 15 is 0 Å². The molecule has 0 aliphatic carbocycles. The lowest BCUT2D eigenvalue weighted by molar-refractivity contribution is 0.240. The van der Waals surface area contributed by atoms with Crippen LogP contribution in [0.1, 0.15) is 59.1 Å². The summed E-state index contributed by atoms with van der Waals surface area (Å²) in [5, 5.41) is 4.39. The highest BCUT2D eigenvalue weighted by Gasteiger charge is 2.24. The molecule has 2 aromatic carbocycles. The molecule has 0 heterocycles. The van der Waals surface area contributed by atoms with Gasteiger partial charge >= 0.3 is 0 Å². The van der Waals surface area contributed by atoms with Crippen molar-refractivity contribution in [1.29, 1.82) is 0 Å². The Morgan fingerprint density at radius 2 is 1.64 bits per heavy atom. The Morgan fingerprint density at radius 3 is 2.29 bits per heavy atom. The summed E-state index contributed by atoms with van der Waals surface area (Å²) in [6.45, 7) is 15.2. The highest BCUT2D eigenvalue weighted by atomic mass is 35.5. The second-order valence-electron chi connectivity index (χ2n) is 9.11. The first kappa shape index (κ1) is 22.6. The molecule has 0 saturated heterocycles. The van der Waals surface area contributed by atoms with Crippen LogP contribution in [0.15, 0.2) is 42.5 Å². The van der Waals surface area contributed by atoms with Gasteiger partial charge in [0.05, 0.1) is 6.61 Å². The van der Waals surface area contributed by atoms with Crippen molar-refractivity contribution in [3.63, 3.8) is 0 Å². The van der Waals surface area contributed by atoms with E-state index < -0.39 is 0 Å². The van der Waals surface area contributed by atoms with Crippen LogP contribution in [-0.2, 0) is 13.2 Å². The van der Waals surface area contributed by atoms with E-state index in [-0.39, 0.29) is 11.0 Å². The third-order valence-electron chi connectivity index (χ3n) is 4.33. The third kappa shape index (κ3) is 7.73. The van der Waals surface area contributed by atoms with Crippen molar-refractivity contribution < 1.29 is 9.47 Å². The summed E-state index contributed by atoms with van der Waals surface area (Å²) < 4.78 is 11.8. The average Bonchev–Trinajstić information content (AvgIpc) is 2.57. The summed E-state index contributed by atoms with van der Waals surface area (Å²) in [7, 11) is 0. The lowest BCUT2D eigenvalue weighted by atomic mass is 9.82. The van der Waals surface area contributed by atoms with E-state index in [0.29, 0.717) is 18.2 Å². The minimum atomic E-state index is 0.0613. The normalized spacial score (nSPS) is 12.1. The maximum atomic E-state index is 6.05. The Hall–Kier alpha value is -1.71. The van der Waals surface area contributed by atoms with Gasteiger partial charge in [-0.25, -0.2) is 0 Å². The number of halogens is 1. The average molecular weight is 404 g/mol. The molecule has 4 heteroatoms. The van der Waals surface area contributed by atoms with Gasteiger partial charge in [0, 0.05) is 17.1 Å². The van der Waals surface area contributed by atoms with E-state index in [2.05, 4.69) is 52.1 Å². The van der Waals surface area contributed by atoms with E-state index in [4.69, 9.17) is 21.1 Å². The van der Waals surface area contributed by atoms with Gasteiger partial charge in [0.15, 0.2) is 11.5 Å². The smallest absolute Gasteiger partial charge is 0.161 e. The molecule has 28 heavy (non-hydrogen) atoms. The second-order valence-corrected chi connectivity index (χ2v) is 9.54. The lowest BCUT2D eigenvalue weighted by Crippen LogP contribution is -2.41. The monoisotopic (exact) mass is 403 g/mol. The molecule has 3 nitrogen and oxygen atoms in total. The Labute approximate surface area is 175 Å². The number of rotatable bonds is 9. The van der Waals surface area contributed by atoms with Crippen LogP contribution in [0.3, 0.4) is 0 Å². The molecule has 0 aliphatic rings. The van der Waals surface area contributed by atoms with Crippen LogP contribution in [0.25, 0.3) is 0 Å². The molecule has 0 spiro atoms. The van der Waals surface area contributed by atoms with Gasteiger partial charge in [-0.2, -0.15) is 0 Å². The van der Waals surface area contributed by atoms with Crippen LogP contribution in [-0.4, -0.2) is 12.1 Å². The highest BCUT2D eigenvalue weighted by Crippen LogP contribution is 2.31. The fourth-order valence-corrected chi connectivity index (χ4v) is 3.78. The predicted molar refractivity (Wildman–Crippen MR) is 118 cm³/mol. The summed E-state index contributed by atoms with van der Waals surface area (Å²) in [5.41, 5.74) is 2.56. The highest BCUT2D eigenvalue weighted by molar-refractivity contribution is 6.30. The van der Waals surface area contributed by atoms with Crippen molar-refractivity contribution in [1.82, 2.24) is 5.32 Å². The molecule has 0 atom stereocenters. The van der Waals surface area contributed by atoms with Crippen LogP contribution in [0.5, 0.6) is 11.5 Å². The number of nitrogens with one attached hydrogen (secondary N) is 1. The number of benzene rings is 2. The zero-order valence-electron chi connectivity index (χ0n) is 18.1. The summed E-state index contributed by atoms with van der Waals surface area (Å²) in [6.07, 6.45) is 1.10. The first-order chi connectivity index (χ1) is 13.1. The Bertz CT molecular complexity index is 765. The van der Waals surface area contributed by atoms with E-state index in [0.717, 1.165) is 30.0 Å².